The van der Waals surface area contributed by atoms with E-state index in [0.29, 0.717) is 27.7 Å². The van der Waals surface area contributed by atoms with Gasteiger partial charge in [0.15, 0.2) is 10.8 Å². The first-order chi connectivity index (χ1) is 11.8. The third-order valence-corrected chi connectivity index (χ3v) is 6.32. The van der Waals surface area contributed by atoms with E-state index in [2.05, 4.69) is 11.6 Å². The van der Waals surface area contributed by atoms with Crippen LogP contribution in [0.25, 0.3) is 16.5 Å². The van der Waals surface area contributed by atoms with Gasteiger partial charge in [0.1, 0.15) is 0 Å². The summed E-state index contributed by atoms with van der Waals surface area (Å²) in [5, 5.41) is 0.583. The summed E-state index contributed by atoms with van der Waals surface area (Å²) in [4.78, 5) is 16.7. The maximum Gasteiger partial charge on any atom is 0.286 e. The second kappa shape index (κ2) is 5.13. The number of nitrogens with zero attached hydrogens (tertiary/aromatic N) is 2. The molecule has 0 radical (unpaired) electrons. The van der Waals surface area contributed by atoms with Crippen molar-refractivity contribution in [2.45, 2.75) is 18.9 Å². The second-order valence-electron chi connectivity index (χ2n) is 6.29. The monoisotopic (exact) mass is 352 g/mol. The highest BCUT2D eigenvalue weighted by atomic mass is 32.2. The molecule has 4 rings (SSSR count). The lowest BCUT2D eigenvalue weighted by Gasteiger charge is -2.12. The van der Waals surface area contributed by atoms with Gasteiger partial charge in [-0.25, -0.2) is 8.96 Å². The Bertz CT molecular complexity index is 1160. The van der Waals surface area contributed by atoms with E-state index in [-0.39, 0.29) is 10.8 Å². The summed E-state index contributed by atoms with van der Waals surface area (Å²) >= 11 is 0. The first kappa shape index (κ1) is 15.8. The fourth-order valence-corrected chi connectivity index (χ4v) is 4.84. The Kier molecular flexibility index (Phi) is 3.24. The van der Waals surface area contributed by atoms with Gasteiger partial charge in [0.2, 0.25) is 0 Å². The zero-order valence-corrected chi connectivity index (χ0v) is 14.7. The van der Waals surface area contributed by atoms with Gasteiger partial charge in [0, 0.05) is 17.5 Å². The molecule has 1 aliphatic rings. The minimum Gasteiger partial charge on any atom is -0.293 e. The van der Waals surface area contributed by atoms with E-state index in [1.807, 2.05) is 19.1 Å². The van der Waals surface area contributed by atoms with Gasteiger partial charge >= 0.3 is 0 Å². The van der Waals surface area contributed by atoms with Crippen LogP contribution in [0, 0.1) is 12.8 Å². The van der Waals surface area contributed by atoms with Crippen LogP contribution < -0.4 is 0 Å². The van der Waals surface area contributed by atoms with E-state index < -0.39 is 15.9 Å². The van der Waals surface area contributed by atoms with E-state index in [9.17, 15) is 13.2 Å². The lowest BCUT2D eigenvalue weighted by Crippen LogP contribution is -2.16. The van der Waals surface area contributed by atoms with Crippen LogP contribution in [-0.2, 0) is 10.0 Å². The van der Waals surface area contributed by atoms with Crippen LogP contribution in [0.5, 0.6) is 0 Å². The van der Waals surface area contributed by atoms with Crippen molar-refractivity contribution < 1.29 is 13.2 Å². The Morgan fingerprint density at radius 1 is 1.20 bits per heavy atom. The summed E-state index contributed by atoms with van der Waals surface area (Å²) in [6.45, 7) is 7.65. The van der Waals surface area contributed by atoms with E-state index in [4.69, 9.17) is 0 Å². The van der Waals surface area contributed by atoms with Gasteiger partial charge in [-0.2, -0.15) is 8.42 Å². The normalized spacial score (nSPS) is 17.3. The number of hydrogen-bond acceptors (Lipinski definition) is 4. The molecule has 2 heterocycles. The Balaban J connectivity index is 2.17. The number of Topliss-reactive ketones (excluding diaryl/α,β-unsaturated/α-hetero) is 1. The van der Waals surface area contributed by atoms with E-state index in [0.717, 1.165) is 5.56 Å². The van der Waals surface area contributed by atoms with Gasteiger partial charge in [-0.3, -0.25) is 4.79 Å². The molecule has 0 N–H and O–H groups in total. The van der Waals surface area contributed by atoms with Gasteiger partial charge in [-0.05, 0) is 36.8 Å². The maximum atomic E-state index is 13.3. The Labute approximate surface area is 145 Å². The molecule has 1 unspecified atom stereocenters. The minimum absolute atomic E-state index is 0.0601. The first-order valence-electron chi connectivity index (χ1n) is 7.89. The van der Waals surface area contributed by atoms with Crippen LogP contribution in [0.15, 0.2) is 54.2 Å². The number of pyridine rings is 1. The summed E-state index contributed by atoms with van der Waals surface area (Å²) in [7, 11) is -3.95. The van der Waals surface area contributed by atoms with E-state index >= 15 is 0 Å². The molecule has 3 aromatic rings. The number of rotatable bonds is 2. The molecule has 1 aliphatic carbocycles. The fraction of sp³-hybridized carbons (Fsp3) is 0.158. The summed E-state index contributed by atoms with van der Waals surface area (Å²) in [6.07, 6.45) is 1.44. The van der Waals surface area contributed by atoms with Crippen molar-refractivity contribution in [1.29, 1.82) is 0 Å². The van der Waals surface area contributed by atoms with Crippen LogP contribution in [0.2, 0.25) is 0 Å². The number of hydrogen-bond donors (Lipinski definition) is 0. The van der Waals surface area contributed by atoms with Crippen molar-refractivity contribution in [2.24, 2.45) is 5.92 Å². The number of benzene rings is 1. The molecule has 0 spiro atoms. The van der Waals surface area contributed by atoms with Gasteiger partial charge in [0.05, 0.1) is 16.8 Å². The van der Waals surface area contributed by atoms with Crippen LogP contribution >= 0.6 is 0 Å². The minimum atomic E-state index is -3.95. The number of fused-ring (bicyclic) bond motifs is 3. The van der Waals surface area contributed by atoms with E-state index in [1.165, 1.54) is 16.2 Å². The molecule has 0 fully saturated rings. The van der Waals surface area contributed by atoms with Crippen molar-refractivity contribution in [3.05, 3.63) is 66.0 Å². The zero-order chi connectivity index (χ0) is 17.9. The Morgan fingerprint density at radius 2 is 1.96 bits per heavy atom. The number of ketones is 1. The fourth-order valence-electron chi connectivity index (χ4n) is 3.34. The van der Waals surface area contributed by atoms with Gasteiger partial charge in [-0.1, -0.05) is 31.2 Å². The average Bonchev–Trinajstić information content (AvgIpc) is 3.04. The largest absolute Gasteiger partial charge is 0.293 e. The Morgan fingerprint density at radius 3 is 2.64 bits per heavy atom. The number of aryl methyl sites for hydroxylation is 1. The van der Waals surface area contributed by atoms with Crippen LogP contribution in [-0.4, -0.2) is 23.2 Å². The van der Waals surface area contributed by atoms with Crippen LogP contribution in [0.1, 0.15) is 28.5 Å². The molecule has 2 aromatic heterocycles. The number of aromatic nitrogens is 2. The predicted octanol–water partition coefficient (Wildman–Crippen LogP) is 3.43. The third-order valence-electron chi connectivity index (χ3n) is 4.69. The smallest absolute Gasteiger partial charge is 0.286 e. The Hall–Kier alpha value is -2.73. The first-order valence-corrected chi connectivity index (χ1v) is 9.33. The molecular weight excluding hydrogens is 336 g/mol. The molecule has 0 bridgehead atoms. The number of carbonyl (C=O) groups is 1. The van der Waals surface area contributed by atoms with E-state index in [1.54, 1.807) is 25.1 Å². The van der Waals surface area contributed by atoms with Gasteiger partial charge < -0.3 is 0 Å². The highest BCUT2D eigenvalue weighted by Crippen LogP contribution is 2.43. The molecule has 25 heavy (non-hydrogen) atoms. The number of carbonyl (C=O) groups excluding carboxylic acids is 1. The third kappa shape index (κ3) is 2.04. The van der Waals surface area contributed by atoms with Crippen molar-refractivity contribution in [3.63, 3.8) is 0 Å². The van der Waals surface area contributed by atoms with Gasteiger partial charge in [0.25, 0.3) is 10.0 Å². The number of allylic oxidation sites excluding steroid dienone is 1. The molecule has 0 saturated carbocycles. The SMILES string of the molecule is C=C1c2c(c3cc(C)ccc3n2S(=O)(=O)c2ccccn2)C(=O)C1C. The quantitative estimate of drug-likeness (QED) is 0.708. The molecule has 6 heteroatoms. The lowest BCUT2D eigenvalue weighted by atomic mass is 10.0. The molecular formula is C19H16N2O3S. The van der Waals surface area contributed by atoms with Crippen molar-refractivity contribution >= 4 is 32.3 Å². The van der Waals surface area contributed by atoms with Gasteiger partial charge in [-0.15, -0.1) is 0 Å². The predicted molar refractivity (Wildman–Crippen MR) is 96.0 cm³/mol. The summed E-state index contributed by atoms with van der Waals surface area (Å²) in [5.74, 6) is -0.523. The second-order valence-corrected chi connectivity index (χ2v) is 8.03. The van der Waals surface area contributed by atoms with Crippen LogP contribution in [0.3, 0.4) is 0 Å². The summed E-state index contributed by atoms with van der Waals surface area (Å²) in [5.41, 5.74) is 2.77. The topological polar surface area (TPSA) is 69.0 Å². The van der Waals surface area contributed by atoms with Crippen molar-refractivity contribution in [3.8, 4) is 0 Å². The van der Waals surface area contributed by atoms with Crippen molar-refractivity contribution in [2.75, 3.05) is 0 Å². The standard InChI is InChI=1S/C19H16N2O3S/c1-11-7-8-15-14(10-11)17-18(12(2)13(3)19(17)22)21(15)25(23,24)16-6-4-5-9-20-16/h4-10,13H,2H2,1,3H3. The maximum absolute atomic E-state index is 13.3. The molecule has 1 aromatic carbocycles. The van der Waals surface area contributed by atoms with Crippen molar-refractivity contribution in [1.82, 2.24) is 8.96 Å². The molecule has 0 amide bonds. The molecule has 1 atom stereocenters. The summed E-state index contributed by atoms with van der Waals surface area (Å²) in [6, 6.07) is 10.1. The average molecular weight is 352 g/mol. The molecule has 5 nitrogen and oxygen atoms in total. The molecule has 0 saturated heterocycles. The highest BCUT2D eigenvalue weighted by molar-refractivity contribution is 7.90. The molecule has 126 valence electrons. The van der Waals surface area contributed by atoms with Crippen LogP contribution in [0.4, 0.5) is 0 Å². The lowest BCUT2D eigenvalue weighted by molar-refractivity contribution is 0.0967. The zero-order valence-electron chi connectivity index (χ0n) is 13.9. The molecule has 0 aliphatic heterocycles. The highest BCUT2D eigenvalue weighted by Gasteiger charge is 2.40. The summed E-state index contributed by atoms with van der Waals surface area (Å²) < 4.78 is 27.7.